The van der Waals surface area contributed by atoms with Crippen LogP contribution in [0.15, 0.2) is 29.7 Å². The molecule has 8 nitrogen and oxygen atoms in total. The van der Waals surface area contributed by atoms with Crippen LogP contribution in [-0.2, 0) is 28.4 Å². The van der Waals surface area contributed by atoms with Crippen LogP contribution in [0.4, 0.5) is 0 Å². The van der Waals surface area contributed by atoms with E-state index in [9.17, 15) is 8.42 Å². The van der Waals surface area contributed by atoms with Crippen LogP contribution < -0.4 is 4.72 Å². The summed E-state index contributed by atoms with van der Waals surface area (Å²) in [5.74, 6) is 0. The van der Waals surface area contributed by atoms with Crippen LogP contribution in [0.1, 0.15) is 25.0 Å². The van der Waals surface area contributed by atoms with Crippen molar-refractivity contribution in [2.75, 3.05) is 6.61 Å². The first kappa shape index (κ1) is 15.2. The van der Waals surface area contributed by atoms with E-state index in [1.54, 1.807) is 17.9 Å². The molecule has 1 aliphatic heterocycles. The number of sulfonamides is 1. The summed E-state index contributed by atoms with van der Waals surface area (Å²) in [5, 5.41) is 8.12. The Labute approximate surface area is 129 Å². The van der Waals surface area contributed by atoms with E-state index in [-0.39, 0.29) is 17.0 Å². The topological polar surface area (TPSA) is 91.0 Å². The van der Waals surface area contributed by atoms with Gasteiger partial charge < -0.3 is 4.74 Å². The fourth-order valence-electron chi connectivity index (χ4n) is 2.54. The van der Waals surface area contributed by atoms with Crippen molar-refractivity contribution in [3.63, 3.8) is 0 Å². The Morgan fingerprint density at radius 1 is 1.36 bits per heavy atom. The van der Waals surface area contributed by atoms with Crippen LogP contribution in [0.2, 0.25) is 0 Å². The molecule has 1 N–H and O–H groups in total. The standard InChI is InChI=1S/C13H19N5O3S/c1-3-18-8-10(6-15-18)13-12(4-5-21-13)16-22(19,20)11-7-14-17(2)9-11/h6-9,12-13,16H,3-5H2,1-2H3/t12-,13+/m0/s1. The second-order valence-electron chi connectivity index (χ2n) is 5.29. The van der Waals surface area contributed by atoms with E-state index in [1.165, 1.54) is 17.1 Å². The van der Waals surface area contributed by atoms with Gasteiger partial charge in [-0.2, -0.15) is 10.2 Å². The van der Waals surface area contributed by atoms with Crippen molar-refractivity contribution in [2.24, 2.45) is 7.05 Å². The van der Waals surface area contributed by atoms with Gasteiger partial charge in [0.25, 0.3) is 0 Å². The third-order valence-corrected chi connectivity index (χ3v) is 5.14. The Morgan fingerprint density at radius 3 is 2.82 bits per heavy atom. The molecule has 22 heavy (non-hydrogen) atoms. The molecule has 0 aliphatic carbocycles. The smallest absolute Gasteiger partial charge is 0.244 e. The molecule has 9 heteroatoms. The minimum atomic E-state index is -3.60. The van der Waals surface area contributed by atoms with Gasteiger partial charge in [0.1, 0.15) is 11.0 Å². The van der Waals surface area contributed by atoms with Gasteiger partial charge in [-0.05, 0) is 13.3 Å². The molecular weight excluding hydrogens is 306 g/mol. The molecule has 0 spiro atoms. The number of hydrogen-bond acceptors (Lipinski definition) is 5. The minimum absolute atomic E-state index is 0.157. The van der Waals surface area contributed by atoms with E-state index < -0.39 is 10.0 Å². The predicted molar refractivity (Wildman–Crippen MR) is 78.5 cm³/mol. The highest BCUT2D eigenvalue weighted by Gasteiger charge is 2.34. The summed E-state index contributed by atoms with van der Waals surface area (Å²) in [6.45, 7) is 3.27. The number of ether oxygens (including phenoxy) is 1. The molecule has 0 amide bonds. The van der Waals surface area contributed by atoms with Crippen molar-refractivity contribution in [1.82, 2.24) is 24.3 Å². The number of hydrogen-bond donors (Lipinski definition) is 1. The molecule has 0 bridgehead atoms. The summed E-state index contributed by atoms with van der Waals surface area (Å²) in [6, 6.07) is -0.306. The molecule has 3 rings (SSSR count). The first-order valence-electron chi connectivity index (χ1n) is 7.14. The fourth-order valence-corrected chi connectivity index (χ4v) is 3.80. The van der Waals surface area contributed by atoms with Crippen molar-refractivity contribution >= 4 is 10.0 Å². The molecule has 2 aromatic rings. The van der Waals surface area contributed by atoms with Gasteiger partial charge in [0.05, 0.1) is 18.4 Å². The lowest BCUT2D eigenvalue weighted by Crippen LogP contribution is -2.36. The van der Waals surface area contributed by atoms with Gasteiger partial charge in [-0.1, -0.05) is 0 Å². The fraction of sp³-hybridized carbons (Fsp3) is 0.538. The maximum atomic E-state index is 12.4. The minimum Gasteiger partial charge on any atom is -0.372 e. The monoisotopic (exact) mass is 325 g/mol. The molecule has 0 unspecified atom stereocenters. The van der Waals surface area contributed by atoms with E-state index in [0.29, 0.717) is 13.0 Å². The largest absolute Gasteiger partial charge is 0.372 e. The van der Waals surface area contributed by atoms with Crippen molar-refractivity contribution < 1.29 is 13.2 Å². The Bertz CT molecular complexity index is 751. The first-order valence-corrected chi connectivity index (χ1v) is 8.63. The molecule has 1 aliphatic rings. The Kier molecular flexibility index (Phi) is 4.02. The highest BCUT2D eigenvalue weighted by molar-refractivity contribution is 7.89. The van der Waals surface area contributed by atoms with Crippen LogP contribution in [0.3, 0.4) is 0 Å². The van der Waals surface area contributed by atoms with Gasteiger partial charge in [0.15, 0.2) is 0 Å². The molecule has 2 atom stereocenters. The first-order chi connectivity index (χ1) is 10.5. The van der Waals surface area contributed by atoms with Crippen molar-refractivity contribution in [3.8, 4) is 0 Å². The third-order valence-electron chi connectivity index (χ3n) is 3.70. The third kappa shape index (κ3) is 2.92. The Hall–Kier alpha value is -1.71. The molecule has 3 heterocycles. The van der Waals surface area contributed by atoms with Gasteiger partial charge >= 0.3 is 0 Å². The molecule has 0 saturated carbocycles. The zero-order valence-corrected chi connectivity index (χ0v) is 13.3. The van der Waals surface area contributed by atoms with E-state index in [2.05, 4.69) is 14.9 Å². The molecule has 0 radical (unpaired) electrons. The van der Waals surface area contributed by atoms with Crippen LogP contribution in [0.5, 0.6) is 0 Å². The second kappa shape index (κ2) is 5.82. The molecule has 2 aromatic heterocycles. The number of nitrogens with zero attached hydrogens (tertiary/aromatic N) is 4. The molecular formula is C13H19N5O3S. The zero-order valence-electron chi connectivity index (χ0n) is 12.5. The summed E-state index contributed by atoms with van der Waals surface area (Å²) in [4.78, 5) is 0.157. The lowest BCUT2D eigenvalue weighted by molar-refractivity contribution is 0.102. The lowest BCUT2D eigenvalue weighted by Gasteiger charge is -2.18. The number of nitrogens with one attached hydrogen (secondary N) is 1. The van der Waals surface area contributed by atoms with Gasteiger partial charge in [-0.25, -0.2) is 13.1 Å². The Balaban J connectivity index is 1.79. The second-order valence-corrected chi connectivity index (χ2v) is 7.00. The van der Waals surface area contributed by atoms with Crippen LogP contribution >= 0.6 is 0 Å². The molecule has 120 valence electrons. The highest BCUT2D eigenvalue weighted by Crippen LogP contribution is 2.30. The van der Waals surface area contributed by atoms with Crippen LogP contribution in [0.25, 0.3) is 0 Å². The van der Waals surface area contributed by atoms with Crippen LogP contribution in [-0.4, -0.2) is 40.6 Å². The summed E-state index contributed by atoms with van der Waals surface area (Å²) in [5.41, 5.74) is 0.887. The van der Waals surface area contributed by atoms with E-state index in [1.807, 2.05) is 13.1 Å². The van der Waals surface area contributed by atoms with Crippen LogP contribution in [0, 0.1) is 0 Å². The molecule has 1 saturated heterocycles. The molecule has 0 aromatic carbocycles. The Morgan fingerprint density at radius 2 is 2.18 bits per heavy atom. The van der Waals surface area contributed by atoms with Gasteiger partial charge in [0.2, 0.25) is 10.0 Å². The lowest BCUT2D eigenvalue weighted by atomic mass is 10.1. The quantitative estimate of drug-likeness (QED) is 0.861. The van der Waals surface area contributed by atoms with Crippen molar-refractivity contribution in [1.29, 1.82) is 0 Å². The average molecular weight is 325 g/mol. The summed E-state index contributed by atoms with van der Waals surface area (Å²) in [6.07, 6.45) is 6.74. The average Bonchev–Trinajstić information content (AvgIpc) is 3.17. The van der Waals surface area contributed by atoms with Gasteiger partial charge in [-0.3, -0.25) is 9.36 Å². The predicted octanol–water partition coefficient (Wildman–Crippen LogP) is 0.445. The number of aryl methyl sites for hydroxylation is 2. The normalized spacial score (nSPS) is 22.3. The summed E-state index contributed by atoms with van der Waals surface area (Å²) >= 11 is 0. The van der Waals surface area contributed by atoms with Crippen molar-refractivity contribution in [3.05, 3.63) is 30.4 Å². The maximum Gasteiger partial charge on any atom is 0.244 e. The van der Waals surface area contributed by atoms with E-state index in [0.717, 1.165) is 12.1 Å². The van der Waals surface area contributed by atoms with Gasteiger partial charge in [0, 0.05) is 38.2 Å². The molecule has 1 fully saturated rings. The van der Waals surface area contributed by atoms with Gasteiger partial charge in [-0.15, -0.1) is 0 Å². The number of aromatic nitrogens is 4. The highest BCUT2D eigenvalue weighted by atomic mass is 32.2. The SMILES string of the molecule is CCn1cc([C@H]2OCC[C@@H]2NS(=O)(=O)c2cnn(C)c2)cn1. The zero-order chi connectivity index (χ0) is 15.7. The number of rotatable bonds is 5. The van der Waals surface area contributed by atoms with Crippen molar-refractivity contribution in [2.45, 2.75) is 36.9 Å². The summed E-state index contributed by atoms with van der Waals surface area (Å²) in [7, 11) is -1.92. The summed E-state index contributed by atoms with van der Waals surface area (Å²) < 4.78 is 36.5. The van der Waals surface area contributed by atoms with E-state index in [4.69, 9.17) is 4.74 Å². The maximum absolute atomic E-state index is 12.4. The van der Waals surface area contributed by atoms with E-state index >= 15 is 0 Å².